The molecule has 0 atom stereocenters. The minimum atomic E-state index is -0.346. The van der Waals surface area contributed by atoms with Gasteiger partial charge in [-0.25, -0.2) is 0 Å². The SMILES string of the molecule is CCc1onc(C)c1-c1cc(Br)c(CC)c([N+](=O)[O-])c1. The van der Waals surface area contributed by atoms with Gasteiger partial charge in [-0.2, -0.15) is 0 Å². The van der Waals surface area contributed by atoms with Crippen molar-refractivity contribution in [2.75, 3.05) is 0 Å². The number of hydrogen-bond donors (Lipinski definition) is 0. The van der Waals surface area contributed by atoms with Crippen LogP contribution in [0, 0.1) is 17.0 Å². The Hall–Kier alpha value is -1.69. The number of rotatable bonds is 4. The number of nitro benzene ring substituents is 1. The van der Waals surface area contributed by atoms with Crippen LogP contribution in [0.2, 0.25) is 0 Å². The summed E-state index contributed by atoms with van der Waals surface area (Å²) in [6.07, 6.45) is 1.29. The van der Waals surface area contributed by atoms with Crippen LogP contribution in [-0.4, -0.2) is 10.1 Å². The van der Waals surface area contributed by atoms with Gasteiger partial charge in [0.15, 0.2) is 0 Å². The molecule has 5 nitrogen and oxygen atoms in total. The monoisotopic (exact) mass is 338 g/mol. The molecule has 1 aromatic carbocycles. The topological polar surface area (TPSA) is 69.2 Å². The fraction of sp³-hybridized carbons (Fsp3) is 0.357. The predicted molar refractivity (Wildman–Crippen MR) is 79.8 cm³/mol. The maximum Gasteiger partial charge on any atom is 0.274 e. The van der Waals surface area contributed by atoms with Crippen LogP contribution < -0.4 is 0 Å². The van der Waals surface area contributed by atoms with Gasteiger partial charge in [-0.3, -0.25) is 10.1 Å². The minimum Gasteiger partial charge on any atom is -0.360 e. The molecule has 0 aliphatic heterocycles. The molecule has 0 fully saturated rings. The van der Waals surface area contributed by atoms with E-state index in [1.807, 2.05) is 26.8 Å². The Morgan fingerprint density at radius 1 is 1.35 bits per heavy atom. The zero-order chi connectivity index (χ0) is 14.9. The summed E-state index contributed by atoms with van der Waals surface area (Å²) in [5, 5.41) is 15.2. The van der Waals surface area contributed by atoms with Gasteiger partial charge < -0.3 is 4.52 Å². The molecule has 2 rings (SSSR count). The highest BCUT2D eigenvalue weighted by atomic mass is 79.9. The molecule has 0 N–H and O–H groups in total. The standard InChI is InChI=1S/C14H15BrN2O3/c1-4-10-11(15)6-9(7-12(10)17(18)19)14-8(3)16-20-13(14)5-2/h6-7H,4-5H2,1-3H3. The maximum absolute atomic E-state index is 11.2. The van der Waals surface area contributed by atoms with Crippen molar-refractivity contribution in [2.45, 2.75) is 33.6 Å². The molecule has 20 heavy (non-hydrogen) atoms. The predicted octanol–water partition coefficient (Wildman–Crippen LogP) is 4.45. The Kier molecular flexibility index (Phi) is 4.23. The molecule has 0 aliphatic carbocycles. The summed E-state index contributed by atoms with van der Waals surface area (Å²) in [5.41, 5.74) is 3.17. The second kappa shape index (κ2) is 5.75. The van der Waals surface area contributed by atoms with Crippen molar-refractivity contribution in [3.63, 3.8) is 0 Å². The van der Waals surface area contributed by atoms with E-state index in [9.17, 15) is 10.1 Å². The molecule has 1 aromatic heterocycles. The summed E-state index contributed by atoms with van der Waals surface area (Å²) < 4.78 is 6.00. The van der Waals surface area contributed by atoms with Gasteiger partial charge in [-0.15, -0.1) is 0 Å². The van der Waals surface area contributed by atoms with Gasteiger partial charge in [0.05, 0.1) is 10.6 Å². The number of benzene rings is 1. The van der Waals surface area contributed by atoms with Gasteiger partial charge >= 0.3 is 0 Å². The van der Waals surface area contributed by atoms with Crippen LogP contribution in [-0.2, 0) is 12.8 Å². The van der Waals surface area contributed by atoms with Gasteiger partial charge in [-0.1, -0.05) is 34.9 Å². The number of aromatic nitrogens is 1. The van der Waals surface area contributed by atoms with E-state index in [1.165, 1.54) is 0 Å². The lowest BCUT2D eigenvalue weighted by atomic mass is 9.99. The summed E-state index contributed by atoms with van der Waals surface area (Å²) in [6.45, 7) is 5.70. The smallest absolute Gasteiger partial charge is 0.274 e. The third kappa shape index (κ3) is 2.47. The van der Waals surface area contributed by atoms with Crippen molar-refractivity contribution in [1.82, 2.24) is 5.16 Å². The van der Waals surface area contributed by atoms with Crippen molar-refractivity contribution in [3.05, 3.63) is 43.7 Å². The number of nitro groups is 1. The number of nitrogens with zero attached hydrogens (tertiary/aromatic N) is 2. The molecule has 0 radical (unpaired) electrons. The molecule has 0 saturated heterocycles. The Labute approximate surface area is 125 Å². The number of aryl methyl sites for hydroxylation is 2. The third-order valence-corrected chi connectivity index (χ3v) is 3.97. The molecular formula is C14H15BrN2O3. The van der Waals surface area contributed by atoms with E-state index in [4.69, 9.17) is 4.52 Å². The van der Waals surface area contributed by atoms with Crippen LogP contribution in [0.4, 0.5) is 5.69 Å². The second-order valence-electron chi connectivity index (χ2n) is 4.49. The summed E-state index contributed by atoms with van der Waals surface area (Å²) in [5.74, 6) is 0.743. The lowest BCUT2D eigenvalue weighted by molar-refractivity contribution is -0.385. The fourth-order valence-corrected chi connectivity index (χ4v) is 3.04. The molecule has 0 unspecified atom stereocenters. The quantitative estimate of drug-likeness (QED) is 0.610. The molecule has 106 valence electrons. The largest absolute Gasteiger partial charge is 0.360 e. The summed E-state index contributed by atoms with van der Waals surface area (Å²) in [7, 11) is 0. The zero-order valence-corrected chi connectivity index (χ0v) is 13.2. The highest BCUT2D eigenvalue weighted by Gasteiger charge is 2.21. The van der Waals surface area contributed by atoms with Crippen molar-refractivity contribution < 1.29 is 9.45 Å². The summed E-state index contributed by atoms with van der Waals surface area (Å²) in [4.78, 5) is 10.9. The lowest BCUT2D eigenvalue weighted by Gasteiger charge is -2.07. The van der Waals surface area contributed by atoms with E-state index in [0.29, 0.717) is 18.4 Å². The van der Waals surface area contributed by atoms with Crippen molar-refractivity contribution >= 4 is 21.6 Å². The van der Waals surface area contributed by atoms with Crippen LogP contribution in [0.1, 0.15) is 30.9 Å². The van der Waals surface area contributed by atoms with Crippen molar-refractivity contribution in [1.29, 1.82) is 0 Å². The van der Waals surface area contributed by atoms with Gasteiger partial charge in [0.1, 0.15) is 5.76 Å². The van der Waals surface area contributed by atoms with E-state index in [-0.39, 0.29) is 10.6 Å². The molecule has 2 aromatic rings. The van der Waals surface area contributed by atoms with Gasteiger partial charge in [0.2, 0.25) is 0 Å². The minimum absolute atomic E-state index is 0.125. The summed E-state index contributed by atoms with van der Waals surface area (Å²) >= 11 is 3.43. The van der Waals surface area contributed by atoms with Crippen LogP contribution >= 0.6 is 15.9 Å². The molecule has 0 spiro atoms. The van der Waals surface area contributed by atoms with E-state index >= 15 is 0 Å². The Morgan fingerprint density at radius 2 is 2.05 bits per heavy atom. The van der Waals surface area contributed by atoms with E-state index in [1.54, 1.807) is 6.07 Å². The molecule has 0 saturated carbocycles. The number of halogens is 1. The van der Waals surface area contributed by atoms with Gasteiger partial charge in [0.25, 0.3) is 5.69 Å². The second-order valence-corrected chi connectivity index (χ2v) is 5.34. The third-order valence-electron chi connectivity index (χ3n) is 3.27. The van der Waals surface area contributed by atoms with Gasteiger partial charge in [0, 0.05) is 28.1 Å². The molecule has 6 heteroatoms. The number of hydrogen-bond acceptors (Lipinski definition) is 4. The molecule has 0 bridgehead atoms. The average Bonchev–Trinajstić information content (AvgIpc) is 2.78. The highest BCUT2D eigenvalue weighted by Crippen LogP contribution is 2.36. The lowest BCUT2D eigenvalue weighted by Crippen LogP contribution is -1.97. The molecule has 0 amide bonds. The first-order valence-corrected chi connectivity index (χ1v) is 7.21. The molecule has 1 heterocycles. The van der Waals surface area contributed by atoms with Crippen LogP contribution in [0.3, 0.4) is 0 Å². The van der Waals surface area contributed by atoms with Gasteiger partial charge in [-0.05, 0) is 25.0 Å². The molecular weight excluding hydrogens is 324 g/mol. The first-order chi connectivity index (χ1) is 9.49. The Balaban J connectivity index is 2.70. The van der Waals surface area contributed by atoms with Crippen molar-refractivity contribution in [2.24, 2.45) is 0 Å². The van der Waals surface area contributed by atoms with Crippen LogP contribution in [0.25, 0.3) is 11.1 Å². The van der Waals surface area contributed by atoms with E-state index in [2.05, 4.69) is 21.1 Å². The summed E-state index contributed by atoms with van der Waals surface area (Å²) in [6, 6.07) is 3.49. The zero-order valence-electron chi connectivity index (χ0n) is 11.6. The highest BCUT2D eigenvalue weighted by molar-refractivity contribution is 9.10. The first-order valence-electron chi connectivity index (χ1n) is 6.41. The maximum atomic E-state index is 11.2. The van der Waals surface area contributed by atoms with E-state index in [0.717, 1.165) is 27.1 Å². The normalized spacial score (nSPS) is 10.8. The first kappa shape index (κ1) is 14.7. The fourth-order valence-electron chi connectivity index (χ4n) is 2.31. The Morgan fingerprint density at radius 3 is 2.60 bits per heavy atom. The molecule has 0 aliphatic rings. The van der Waals surface area contributed by atoms with Crippen LogP contribution in [0.5, 0.6) is 0 Å². The van der Waals surface area contributed by atoms with E-state index < -0.39 is 0 Å². The van der Waals surface area contributed by atoms with Crippen molar-refractivity contribution in [3.8, 4) is 11.1 Å². The Bertz CT molecular complexity index is 665. The average molecular weight is 339 g/mol. The van der Waals surface area contributed by atoms with Crippen LogP contribution in [0.15, 0.2) is 21.1 Å².